The molecule has 0 bridgehead atoms. The van der Waals surface area contributed by atoms with E-state index in [0.717, 1.165) is 77.0 Å². The molecule has 0 heterocycles. The molecule has 0 aromatic rings. The zero-order valence-electron chi connectivity index (χ0n) is 33.6. The summed E-state index contributed by atoms with van der Waals surface area (Å²) in [5, 5.41) is 9.60. The van der Waals surface area contributed by atoms with Gasteiger partial charge in [0.2, 0.25) is 0 Å². The number of unbranched alkanes of at least 4 members (excludes halogenated alkanes) is 5. The molecule has 1 N–H and O–H groups in total. The number of carbonyl (C=O) groups is 3. The number of esters is 2. The molecule has 0 aliphatic carbocycles. The number of hydrogen-bond donors (Lipinski definition) is 1. The van der Waals surface area contributed by atoms with Crippen molar-refractivity contribution < 1.29 is 42.9 Å². The summed E-state index contributed by atoms with van der Waals surface area (Å²) in [6, 6.07) is 0. The summed E-state index contributed by atoms with van der Waals surface area (Å²) in [7, 11) is 5.91. The van der Waals surface area contributed by atoms with Gasteiger partial charge in [0.15, 0.2) is 6.10 Å². The Kier molecular flexibility index (Phi) is 33.1. The van der Waals surface area contributed by atoms with Gasteiger partial charge < -0.3 is 28.5 Å². The van der Waals surface area contributed by atoms with Crippen LogP contribution in [-0.4, -0.2) is 87.4 Å². The molecule has 0 saturated heterocycles. The third-order valence-electron chi connectivity index (χ3n) is 7.65. The fourth-order valence-corrected chi connectivity index (χ4v) is 4.60. The second kappa shape index (κ2) is 35.5. The van der Waals surface area contributed by atoms with Crippen molar-refractivity contribution in [2.24, 2.45) is 0 Å². The lowest BCUT2D eigenvalue weighted by atomic mass is 10.1. The van der Waals surface area contributed by atoms with Crippen LogP contribution in [0, 0.1) is 0 Å². The van der Waals surface area contributed by atoms with Gasteiger partial charge in [0.1, 0.15) is 13.2 Å². The predicted molar refractivity (Wildman–Crippen MR) is 216 cm³/mol. The molecule has 2 atom stereocenters. The summed E-state index contributed by atoms with van der Waals surface area (Å²) < 4.78 is 22.5. The van der Waals surface area contributed by atoms with Crippen LogP contribution in [0.25, 0.3) is 0 Å². The number of likely N-dealkylation sites (N-methyl/N-ethyl adjacent to an activating group) is 1. The first-order chi connectivity index (χ1) is 25.6. The van der Waals surface area contributed by atoms with Crippen LogP contribution in [0.3, 0.4) is 0 Å². The highest BCUT2D eigenvalue weighted by atomic mass is 16.7. The number of carboxylic acid groups (broad SMARTS) is 1. The Bertz CT molecular complexity index is 1140. The average molecular weight is 743 g/mol. The number of aliphatic carboxylic acids is 1. The van der Waals surface area contributed by atoms with Crippen LogP contribution in [0.15, 0.2) is 85.1 Å². The summed E-state index contributed by atoms with van der Waals surface area (Å²) in [6.07, 6.45) is 40.8. The maximum absolute atomic E-state index is 12.7. The van der Waals surface area contributed by atoms with Crippen molar-refractivity contribution in [3.63, 3.8) is 0 Å². The Morgan fingerprint density at radius 2 is 1.02 bits per heavy atom. The van der Waals surface area contributed by atoms with Crippen LogP contribution in [0.5, 0.6) is 0 Å². The van der Waals surface area contributed by atoms with E-state index in [1.165, 1.54) is 0 Å². The molecule has 2 unspecified atom stereocenters. The highest BCUT2D eigenvalue weighted by Gasteiger charge is 2.25. The maximum atomic E-state index is 12.7. The van der Waals surface area contributed by atoms with E-state index >= 15 is 0 Å². The normalized spacial score (nSPS) is 13.9. The molecule has 0 aliphatic heterocycles. The fourth-order valence-electron chi connectivity index (χ4n) is 4.60. The van der Waals surface area contributed by atoms with Crippen LogP contribution in [0.2, 0.25) is 0 Å². The minimum Gasteiger partial charge on any atom is -0.477 e. The number of rotatable bonds is 34. The molecule has 0 aliphatic rings. The van der Waals surface area contributed by atoms with Gasteiger partial charge in [-0.1, -0.05) is 105 Å². The van der Waals surface area contributed by atoms with Crippen molar-refractivity contribution in [3.05, 3.63) is 85.1 Å². The van der Waals surface area contributed by atoms with Crippen molar-refractivity contribution in [1.29, 1.82) is 0 Å². The minimum atomic E-state index is -1.53. The number of carbonyl (C=O) groups excluding carboxylic acids is 2. The molecule has 0 radical (unpaired) electrons. The molecular formula is C44H72NO8+. The number of carboxylic acids is 1. The van der Waals surface area contributed by atoms with Gasteiger partial charge in [0, 0.05) is 12.8 Å². The lowest BCUT2D eigenvalue weighted by Crippen LogP contribution is -2.40. The first kappa shape index (κ1) is 49.5. The number of ether oxygens (including phenoxy) is 4. The molecule has 300 valence electrons. The zero-order chi connectivity index (χ0) is 39.3. The van der Waals surface area contributed by atoms with E-state index in [-0.39, 0.29) is 32.7 Å². The van der Waals surface area contributed by atoms with Crippen LogP contribution < -0.4 is 0 Å². The molecule has 9 nitrogen and oxygen atoms in total. The topological polar surface area (TPSA) is 108 Å². The molecule has 53 heavy (non-hydrogen) atoms. The first-order valence-electron chi connectivity index (χ1n) is 19.8. The highest BCUT2D eigenvalue weighted by molar-refractivity contribution is 5.71. The van der Waals surface area contributed by atoms with Gasteiger partial charge >= 0.3 is 17.9 Å². The lowest BCUT2D eigenvalue weighted by Gasteiger charge is -2.25. The van der Waals surface area contributed by atoms with Crippen molar-refractivity contribution >= 4 is 17.9 Å². The van der Waals surface area contributed by atoms with E-state index in [9.17, 15) is 19.5 Å². The quantitative estimate of drug-likeness (QED) is 0.0228. The van der Waals surface area contributed by atoms with Gasteiger partial charge in [-0.05, 0) is 83.5 Å². The van der Waals surface area contributed by atoms with Gasteiger partial charge in [-0.3, -0.25) is 9.59 Å². The Hall–Kier alpha value is -3.53. The van der Waals surface area contributed by atoms with E-state index < -0.39 is 30.3 Å². The van der Waals surface area contributed by atoms with E-state index in [1.54, 1.807) is 0 Å². The molecule has 0 aromatic heterocycles. The summed E-state index contributed by atoms with van der Waals surface area (Å²) in [5.74, 6) is -2.12. The molecule has 0 aromatic carbocycles. The van der Waals surface area contributed by atoms with Crippen LogP contribution in [0.4, 0.5) is 0 Å². The summed E-state index contributed by atoms with van der Waals surface area (Å²) in [4.78, 5) is 36.9. The number of quaternary nitrogens is 1. The molecule has 9 heteroatoms. The van der Waals surface area contributed by atoms with E-state index in [2.05, 4.69) is 98.9 Å². The Morgan fingerprint density at radius 1 is 0.566 bits per heavy atom. The van der Waals surface area contributed by atoms with E-state index in [0.29, 0.717) is 23.9 Å². The summed E-state index contributed by atoms with van der Waals surface area (Å²) in [6.45, 7) is 4.51. The van der Waals surface area contributed by atoms with Gasteiger partial charge in [-0.2, -0.15) is 0 Å². The fraction of sp³-hybridized carbons (Fsp3) is 0.614. The van der Waals surface area contributed by atoms with E-state index in [4.69, 9.17) is 18.9 Å². The molecule has 0 fully saturated rings. The second-order valence-corrected chi connectivity index (χ2v) is 13.8. The van der Waals surface area contributed by atoms with Crippen LogP contribution in [0.1, 0.15) is 117 Å². The van der Waals surface area contributed by atoms with Crippen LogP contribution in [-0.2, 0) is 33.3 Å². The maximum Gasteiger partial charge on any atom is 0.361 e. The third kappa shape index (κ3) is 36.6. The Labute approximate surface area is 321 Å². The Morgan fingerprint density at radius 3 is 1.51 bits per heavy atom. The lowest BCUT2D eigenvalue weighted by molar-refractivity contribution is -0.870. The molecule has 0 saturated carbocycles. The first-order valence-corrected chi connectivity index (χ1v) is 19.8. The highest BCUT2D eigenvalue weighted by Crippen LogP contribution is 2.10. The van der Waals surface area contributed by atoms with Crippen molar-refractivity contribution in [2.45, 2.75) is 129 Å². The van der Waals surface area contributed by atoms with Crippen LogP contribution >= 0.6 is 0 Å². The summed E-state index contributed by atoms with van der Waals surface area (Å²) >= 11 is 0. The largest absolute Gasteiger partial charge is 0.477 e. The number of nitrogens with zero attached hydrogens (tertiary/aromatic N) is 1. The van der Waals surface area contributed by atoms with E-state index in [1.807, 2.05) is 21.1 Å². The number of allylic oxidation sites excluding steroid dienone is 14. The minimum absolute atomic E-state index is 0.170. The van der Waals surface area contributed by atoms with Crippen molar-refractivity contribution in [1.82, 2.24) is 0 Å². The summed E-state index contributed by atoms with van der Waals surface area (Å²) in [5.41, 5.74) is 0. The molecular weight excluding hydrogens is 670 g/mol. The number of hydrogen-bond acceptors (Lipinski definition) is 7. The smallest absolute Gasteiger partial charge is 0.361 e. The standard InChI is InChI=1S/C44H71NO8/c1-6-8-10-12-14-16-18-20-21-23-25-27-29-31-33-35-42(47)53-40(39-52-44(43(48)49)50-37-36-45(3,4)5)38-51-41(46)34-32-30-28-26-24-22-19-17-15-13-11-9-7-2/h8-11,14-17,20-22,24-25,27,40,44H,6-7,12-13,18-19,23,26,28-39H2,1-5H3/p+1/b10-8-,11-9-,16-14-,17-15-,21-20-,24-22-,27-25-. The monoisotopic (exact) mass is 743 g/mol. The Balaban J connectivity index is 4.67. The third-order valence-corrected chi connectivity index (χ3v) is 7.65. The molecule has 0 amide bonds. The second-order valence-electron chi connectivity index (χ2n) is 13.8. The molecule has 0 spiro atoms. The van der Waals surface area contributed by atoms with Gasteiger partial charge in [-0.15, -0.1) is 0 Å². The zero-order valence-corrected chi connectivity index (χ0v) is 33.6. The molecule has 0 rings (SSSR count). The van der Waals surface area contributed by atoms with Crippen molar-refractivity contribution in [3.8, 4) is 0 Å². The van der Waals surface area contributed by atoms with Gasteiger partial charge in [-0.25, -0.2) is 4.79 Å². The predicted octanol–water partition coefficient (Wildman–Crippen LogP) is 9.77. The van der Waals surface area contributed by atoms with Gasteiger partial charge in [0.05, 0.1) is 34.4 Å². The van der Waals surface area contributed by atoms with Crippen molar-refractivity contribution in [2.75, 3.05) is 47.5 Å². The van der Waals surface area contributed by atoms with Gasteiger partial charge in [0.25, 0.3) is 6.29 Å². The average Bonchev–Trinajstić information content (AvgIpc) is 3.11. The SMILES string of the molecule is CC/C=C\C/C=C\C/C=C\C/C=C\CCCCC(=O)OC(COC(=O)CCCCC/C=C\C/C=C\C/C=C\CC)COC(OCC[N+](C)(C)C)C(=O)O.